The maximum absolute atomic E-state index is 13.5. The van der Waals surface area contributed by atoms with E-state index in [2.05, 4.69) is 4.99 Å². The molecule has 2 amide bonds. The minimum Gasteiger partial charge on any atom is -0.409 e. The number of esters is 1. The fourth-order valence-corrected chi connectivity index (χ4v) is 3.96. The fraction of sp³-hybridized carbons (Fsp3) is 0.304. The SMILES string of the molecule is CC(C)(C)C1=NC(c2ccccc2)(C2CC(=O)N(c3ccc(Cl)cc3)C2=O)C(=O)O1. The van der Waals surface area contributed by atoms with E-state index >= 15 is 0 Å². The van der Waals surface area contributed by atoms with Crippen LogP contribution in [0, 0.1) is 11.3 Å². The van der Waals surface area contributed by atoms with Gasteiger partial charge in [-0.05, 0) is 29.8 Å². The van der Waals surface area contributed by atoms with Gasteiger partial charge in [0.25, 0.3) is 0 Å². The molecule has 2 aliphatic rings. The number of hydrogen-bond acceptors (Lipinski definition) is 5. The van der Waals surface area contributed by atoms with Gasteiger partial charge in [0.1, 0.15) is 0 Å². The number of carbonyl (C=O) groups is 3. The summed E-state index contributed by atoms with van der Waals surface area (Å²) in [5.74, 6) is -2.27. The molecule has 2 heterocycles. The Morgan fingerprint density at radius 2 is 1.67 bits per heavy atom. The van der Waals surface area contributed by atoms with Gasteiger partial charge in [-0.3, -0.25) is 14.5 Å². The molecule has 4 rings (SSSR count). The molecule has 1 fully saturated rings. The summed E-state index contributed by atoms with van der Waals surface area (Å²) in [7, 11) is 0. The highest BCUT2D eigenvalue weighted by Crippen LogP contribution is 2.47. The van der Waals surface area contributed by atoms with Crippen LogP contribution in [0.2, 0.25) is 5.02 Å². The first-order chi connectivity index (χ1) is 14.1. The normalized spacial score (nSPS) is 24.3. The Hall–Kier alpha value is -2.99. The first-order valence-electron chi connectivity index (χ1n) is 9.65. The number of aliphatic imine (C=N–C) groups is 1. The van der Waals surface area contributed by atoms with E-state index in [-0.39, 0.29) is 12.3 Å². The van der Waals surface area contributed by atoms with E-state index in [0.29, 0.717) is 16.3 Å². The van der Waals surface area contributed by atoms with Crippen molar-refractivity contribution in [2.24, 2.45) is 16.3 Å². The second kappa shape index (κ2) is 7.06. The molecule has 2 aromatic rings. The Kier molecular flexibility index (Phi) is 4.77. The van der Waals surface area contributed by atoms with Crippen LogP contribution >= 0.6 is 11.6 Å². The number of cyclic esters (lactones) is 1. The summed E-state index contributed by atoms with van der Waals surface area (Å²) in [6.45, 7) is 5.63. The van der Waals surface area contributed by atoms with Crippen molar-refractivity contribution in [1.82, 2.24) is 0 Å². The van der Waals surface area contributed by atoms with Crippen molar-refractivity contribution in [3.8, 4) is 0 Å². The van der Waals surface area contributed by atoms with E-state index in [1.54, 1.807) is 48.5 Å². The highest BCUT2D eigenvalue weighted by Gasteiger charge is 2.61. The maximum atomic E-state index is 13.5. The molecule has 7 heteroatoms. The molecule has 0 aromatic heterocycles. The van der Waals surface area contributed by atoms with Crippen LogP contribution in [0.4, 0.5) is 5.69 Å². The number of halogens is 1. The van der Waals surface area contributed by atoms with Gasteiger partial charge in [0.2, 0.25) is 17.7 Å². The lowest BCUT2D eigenvalue weighted by Gasteiger charge is -2.27. The summed E-state index contributed by atoms with van der Waals surface area (Å²) in [4.78, 5) is 45.4. The molecule has 6 nitrogen and oxygen atoms in total. The van der Waals surface area contributed by atoms with Gasteiger partial charge in [0, 0.05) is 16.9 Å². The molecule has 0 bridgehead atoms. The molecule has 0 aliphatic carbocycles. The van der Waals surface area contributed by atoms with Crippen molar-refractivity contribution >= 4 is 41.0 Å². The summed E-state index contributed by atoms with van der Waals surface area (Å²) in [6.07, 6.45) is -0.146. The van der Waals surface area contributed by atoms with E-state index in [0.717, 1.165) is 4.90 Å². The molecule has 0 saturated carbocycles. The first kappa shape index (κ1) is 20.3. The van der Waals surface area contributed by atoms with Crippen molar-refractivity contribution in [2.75, 3.05) is 4.90 Å². The summed E-state index contributed by atoms with van der Waals surface area (Å²) in [6, 6.07) is 15.2. The number of rotatable bonds is 3. The van der Waals surface area contributed by atoms with Gasteiger partial charge >= 0.3 is 5.97 Å². The number of imide groups is 1. The smallest absolute Gasteiger partial charge is 0.346 e. The fourth-order valence-electron chi connectivity index (χ4n) is 3.83. The van der Waals surface area contributed by atoms with Crippen molar-refractivity contribution in [3.63, 3.8) is 0 Å². The third-order valence-corrected chi connectivity index (χ3v) is 5.62. The van der Waals surface area contributed by atoms with Gasteiger partial charge in [-0.25, -0.2) is 9.79 Å². The number of ether oxygens (including phenoxy) is 1. The maximum Gasteiger partial charge on any atom is 0.346 e. The third kappa shape index (κ3) is 3.12. The van der Waals surface area contributed by atoms with Crippen molar-refractivity contribution in [2.45, 2.75) is 32.7 Å². The summed E-state index contributed by atoms with van der Waals surface area (Å²) in [5.41, 5.74) is -1.20. The van der Waals surface area contributed by atoms with Gasteiger partial charge in [0.15, 0.2) is 5.54 Å². The minimum atomic E-state index is -1.60. The van der Waals surface area contributed by atoms with Crippen LogP contribution in [0.3, 0.4) is 0 Å². The molecule has 0 spiro atoms. The standard InChI is InChI=1S/C23H21ClN2O4/c1-22(2,3)20-25-23(21(29)30-20,14-7-5-4-6-8-14)17-13-18(27)26(19(17)28)16-11-9-15(24)10-12-16/h4-12,17H,13H2,1-3H3. The van der Waals surface area contributed by atoms with Crippen LogP contribution in [0.25, 0.3) is 0 Å². The van der Waals surface area contributed by atoms with E-state index < -0.39 is 34.7 Å². The topological polar surface area (TPSA) is 76.0 Å². The van der Waals surface area contributed by atoms with E-state index in [9.17, 15) is 14.4 Å². The number of nitrogens with zero attached hydrogens (tertiary/aromatic N) is 2. The predicted octanol–water partition coefficient (Wildman–Crippen LogP) is 4.12. The van der Waals surface area contributed by atoms with E-state index in [4.69, 9.17) is 16.3 Å². The Labute approximate surface area is 179 Å². The Balaban J connectivity index is 1.84. The minimum absolute atomic E-state index is 0.146. The zero-order valence-corrected chi connectivity index (χ0v) is 17.6. The van der Waals surface area contributed by atoms with Crippen LogP contribution in [-0.2, 0) is 24.7 Å². The van der Waals surface area contributed by atoms with Gasteiger partial charge in [-0.15, -0.1) is 0 Å². The molecule has 0 N–H and O–H groups in total. The molecular weight excluding hydrogens is 404 g/mol. The second-order valence-electron chi connectivity index (χ2n) is 8.49. The lowest BCUT2D eigenvalue weighted by molar-refractivity contribution is -0.144. The highest BCUT2D eigenvalue weighted by atomic mass is 35.5. The van der Waals surface area contributed by atoms with Crippen LogP contribution in [0.1, 0.15) is 32.8 Å². The van der Waals surface area contributed by atoms with E-state index in [1.165, 1.54) is 0 Å². The molecule has 30 heavy (non-hydrogen) atoms. The first-order valence-corrected chi connectivity index (χ1v) is 10.0. The number of anilines is 1. The lowest BCUT2D eigenvalue weighted by atomic mass is 9.77. The third-order valence-electron chi connectivity index (χ3n) is 5.37. The number of benzene rings is 2. The Morgan fingerprint density at radius 3 is 2.23 bits per heavy atom. The van der Waals surface area contributed by atoms with Gasteiger partial charge in [0.05, 0.1) is 11.6 Å². The highest BCUT2D eigenvalue weighted by molar-refractivity contribution is 6.31. The van der Waals surface area contributed by atoms with Crippen LogP contribution in [-0.4, -0.2) is 23.7 Å². The van der Waals surface area contributed by atoms with Gasteiger partial charge in [-0.1, -0.05) is 62.7 Å². The Morgan fingerprint density at radius 1 is 1.03 bits per heavy atom. The monoisotopic (exact) mass is 424 g/mol. The van der Waals surface area contributed by atoms with Crippen LogP contribution < -0.4 is 4.90 Å². The second-order valence-corrected chi connectivity index (χ2v) is 8.93. The number of carbonyl (C=O) groups excluding carboxylic acids is 3. The van der Waals surface area contributed by atoms with Crippen molar-refractivity contribution < 1.29 is 19.1 Å². The number of amides is 2. The molecule has 0 radical (unpaired) electrons. The molecule has 1 saturated heterocycles. The largest absolute Gasteiger partial charge is 0.409 e. The molecular formula is C23H21ClN2O4. The van der Waals surface area contributed by atoms with Crippen molar-refractivity contribution in [1.29, 1.82) is 0 Å². The van der Waals surface area contributed by atoms with Crippen LogP contribution in [0.15, 0.2) is 59.6 Å². The van der Waals surface area contributed by atoms with Crippen molar-refractivity contribution in [3.05, 3.63) is 65.2 Å². The summed E-state index contributed by atoms with van der Waals surface area (Å²) in [5, 5.41) is 0.494. The molecule has 2 unspecified atom stereocenters. The molecule has 2 aliphatic heterocycles. The average Bonchev–Trinajstić information content (AvgIpc) is 3.21. The van der Waals surface area contributed by atoms with Crippen LogP contribution in [0.5, 0.6) is 0 Å². The van der Waals surface area contributed by atoms with Gasteiger partial charge in [-0.2, -0.15) is 0 Å². The average molecular weight is 425 g/mol. The summed E-state index contributed by atoms with van der Waals surface area (Å²) >= 11 is 5.94. The Bertz CT molecular complexity index is 1060. The van der Waals surface area contributed by atoms with E-state index in [1.807, 2.05) is 26.8 Å². The summed E-state index contributed by atoms with van der Waals surface area (Å²) < 4.78 is 5.56. The quantitative estimate of drug-likeness (QED) is 0.548. The molecule has 154 valence electrons. The molecule has 2 aromatic carbocycles. The lowest BCUT2D eigenvalue weighted by Crippen LogP contribution is -2.43. The number of hydrogen-bond donors (Lipinski definition) is 0. The zero-order chi connectivity index (χ0) is 21.7. The van der Waals surface area contributed by atoms with Gasteiger partial charge < -0.3 is 4.74 Å². The molecule has 2 atom stereocenters. The predicted molar refractivity (Wildman–Crippen MR) is 113 cm³/mol. The zero-order valence-electron chi connectivity index (χ0n) is 16.9.